The minimum absolute atomic E-state index is 1.01. The molecule has 0 fully saturated rings. The Kier molecular flexibility index (Phi) is 6.53. The van der Waals surface area contributed by atoms with Crippen molar-refractivity contribution in [3.05, 3.63) is 34.6 Å². The highest BCUT2D eigenvalue weighted by Gasteiger charge is 2.31. The van der Waals surface area contributed by atoms with Crippen LogP contribution in [0.15, 0.2) is 0 Å². The highest BCUT2D eigenvalue weighted by Crippen LogP contribution is 2.30. The Hall–Kier alpha value is -1.07. The molecule has 1 aromatic carbocycles. The van der Waals surface area contributed by atoms with Gasteiger partial charge < -0.3 is 0 Å². The highest BCUT2D eigenvalue weighted by molar-refractivity contribution is 6.15. The maximum Gasteiger partial charge on any atom is 0.200 e. The zero-order valence-electron chi connectivity index (χ0n) is 11.4. The fourth-order valence-electron chi connectivity index (χ4n) is 1.17. The molecule has 0 amide bonds. The van der Waals surface area contributed by atoms with E-state index in [2.05, 4.69) is 13.8 Å². The first-order valence-corrected chi connectivity index (χ1v) is 5.90. The van der Waals surface area contributed by atoms with Crippen LogP contribution in [0.2, 0.25) is 0 Å². The van der Waals surface area contributed by atoms with Gasteiger partial charge in [-0.15, -0.1) is 0 Å². The van der Waals surface area contributed by atoms with Crippen LogP contribution in [-0.4, -0.2) is 7.85 Å². The van der Waals surface area contributed by atoms with Gasteiger partial charge >= 0.3 is 0 Å². The molecular formula is C13H16BF5. The SMILES string of the molecule is CCCC.[B]C(C)(C)c1c(F)c(F)c(F)c(F)c1F. The van der Waals surface area contributed by atoms with Crippen molar-refractivity contribution in [2.45, 2.75) is 45.9 Å². The van der Waals surface area contributed by atoms with E-state index in [0.29, 0.717) is 0 Å². The first-order chi connectivity index (χ1) is 8.59. The van der Waals surface area contributed by atoms with E-state index in [9.17, 15) is 22.0 Å². The molecule has 2 radical (unpaired) electrons. The van der Waals surface area contributed by atoms with Crippen LogP contribution in [-0.2, 0) is 5.31 Å². The largest absolute Gasteiger partial charge is 0.203 e. The zero-order valence-corrected chi connectivity index (χ0v) is 11.4. The molecule has 0 atom stereocenters. The van der Waals surface area contributed by atoms with E-state index >= 15 is 0 Å². The summed E-state index contributed by atoms with van der Waals surface area (Å²) in [5, 5.41) is -1.65. The van der Waals surface area contributed by atoms with Gasteiger partial charge in [0, 0.05) is 5.56 Å². The number of hydrogen-bond acceptors (Lipinski definition) is 0. The van der Waals surface area contributed by atoms with E-state index in [1.807, 2.05) is 0 Å². The topological polar surface area (TPSA) is 0 Å². The highest BCUT2D eigenvalue weighted by atomic mass is 19.2. The maximum atomic E-state index is 13.1. The minimum Gasteiger partial charge on any atom is -0.203 e. The van der Waals surface area contributed by atoms with Crippen molar-refractivity contribution in [3.63, 3.8) is 0 Å². The van der Waals surface area contributed by atoms with Crippen LogP contribution in [0, 0.1) is 29.1 Å². The van der Waals surface area contributed by atoms with Gasteiger partial charge in [0.15, 0.2) is 23.3 Å². The van der Waals surface area contributed by atoms with E-state index in [1.165, 1.54) is 12.8 Å². The van der Waals surface area contributed by atoms with Crippen LogP contribution in [0.25, 0.3) is 0 Å². The molecule has 0 unspecified atom stereocenters. The van der Waals surface area contributed by atoms with E-state index in [1.54, 1.807) is 0 Å². The average Bonchev–Trinajstić information content (AvgIpc) is 2.33. The normalized spacial score (nSPS) is 11.0. The van der Waals surface area contributed by atoms with E-state index < -0.39 is 40.0 Å². The van der Waals surface area contributed by atoms with Crippen molar-refractivity contribution >= 4 is 7.85 Å². The van der Waals surface area contributed by atoms with E-state index in [-0.39, 0.29) is 0 Å². The third kappa shape index (κ3) is 4.22. The molecule has 0 nitrogen and oxygen atoms in total. The molecule has 1 rings (SSSR count). The molecule has 0 spiro atoms. The molecule has 0 saturated heterocycles. The van der Waals surface area contributed by atoms with Gasteiger partial charge in [0.2, 0.25) is 5.82 Å². The monoisotopic (exact) mass is 278 g/mol. The molecule has 106 valence electrons. The molecule has 0 heterocycles. The van der Waals surface area contributed by atoms with Crippen molar-refractivity contribution in [3.8, 4) is 0 Å². The molecule has 0 aliphatic carbocycles. The number of hydrogen-bond donors (Lipinski definition) is 0. The van der Waals surface area contributed by atoms with Gasteiger partial charge in [0.1, 0.15) is 0 Å². The summed E-state index contributed by atoms with van der Waals surface area (Å²) in [5.74, 6) is -9.93. The van der Waals surface area contributed by atoms with Crippen molar-refractivity contribution in [1.29, 1.82) is 0 Å². The quantitative estimate of drug-likeness (QED) is 0.321. The third-order valence-electron chi connectivity index (χ3n) is 2.35. The van der Waals surface area contributed by atoms with Gasteiger partial charge in [-0.3, -0.25) is 0 Å². The first-order valence-electron chi connectivity index (χ1n) is 5.90. The molecule has 0 saturated carbocycles. The summed E-state index contributed by atoms with van der Waals surface area (Å²) >= 11 is 0. The summed E-state index contributed by atoms with van der Waals surface area (Å²) in [6.45, 7) is 6.65. The Bertz CT molecular complexity index is 407. The molecule has 0 aliphatic rings. The lowest BCUT2D eigenvalue weighted by molar-refractivity contribution is 0.363. The fraction of sp³-hybridized carbons (Fsp3) is 0.538. The van der Waals surface area contributed by atoms with Crippen molar-refractivity contribution in [2.24, 2.45) is 0 Å². The summed E-state index contributed by atoms with van der Waals surface area (Å²) in [6.07, 6.45) is 2.64. The average molecular weight is 278 g/mol. The van der Waals surface area contributed by atoms with Gasteiger partial charge in [-0.1, -0.05) is 40.5 Å². The summed E-state index contributed by atoms with van der Waals surface area (Å²) in [7, 11) is 5.31. The van der Waals surface area contributed by atoms with Gasteiger partial charge in [-0.2, -0.15) is 0 Å². The van der Waals surface area contributed by atoms with Gasteiger partial charge in [-0.05, 0) is 5.31 Å². The number of rotatable bonds is 2. The molecular weight excluding hydrogens is 262 g/mol. The van der Waals surface area contributed by atoms with Gasteiger partial charge in [-0.25, -0.2) is 22.0 Å². The fourth-order valence-corrected chi connectivity index (χ4v) is 1.17. The molecule has 0 N–H and O–H groups in total. The standard InChI is InChI=1S/C9H6BF5.C4H10/c1-9(2,10)3-4(11)6(13)8(15)7(14)5(3)12;1-3-4-2/h1-2H3;3-4H2,1-2H3. The lowest BCUT2D eigenvalue weighted by Crippen LogP contribution is -2.23. The summed E-state index contributed by atoms with van der Waals surface area (Å²) in [4.78, 5) is 0. The van der Waals surface area contributed by atoms with Crippen molar-refractivity contribution in [2.75, 3.05) is 0 Å². The predicted octanol–water partition coefficient (Wildman–Crippen LogP) is 4.59. The Morgan fingerprint density at radius 3 is 1.21 bits per heavy atom. The molecule has 1 aromatic rings. The smallest absolute Gasteiger partial charge is 0.200 e. The summed E-state index contributed by atoms with van der Waals surface area (Å²) in [5.41, 5.74) is -1.01. The van der Waals surface area contributed by atoms with Crippen LogP contribution in [0.5, 0.6) is 0 Å². The first kappa shape index (κ1) is 17.9. The molecule has 0 bridgehead atoms. The zero-order chi connectivity index (χ0) is 15.4. The van der Waals surface area contributed by atoms with Crippen LogP contribution in [0.4, 0.5) is 22.0 Å². The maximum absolute atomic E-state index is 13.1. The van der Waals surface area contributed by atoms with Crippen LogP contribution in [0.3, 0.4) is 0 Å². The van der Waals surface area contributed by atoms with Gasteiger partial charge in [0.05, 0.1) is 7.85 Å². The Morgan fingerprint density at radius 1 is 0.737 bits per heavy atom. The minimum atomic E-state index is -2.18. The molecule has 0 aromatic heterocycles. The van der Waals surface area contributed by atoms with Gasteiger partial charge in [0.25, 0.3) is 0 Å². The molecule has 6 heteroatoms. The van der Waals surface area contributed by atoms with Crippen LogP contribution < -0.4 is 0 Å². The third-order valence-corrected chi connectivity index (χ3v) is 2.35. The number of halogens is 5. The summed E-state index contributed by atoms with van der Waals surface area (Å²) < 4.78 is 64.2. The lowest BCUT2D eigenvalue weighted by atomic mass is 9.67. The Balaban J connectivity index is 0.000000711. The lowest BCUT2D eigenvalue weighted by Gasteiger charge is -2.21. The second-order valence-corrected chi connectivity index (χ2v) is 4.67. The Labute approximate surface area is 111 Å². The second-order valence-electron chi connectivity index (χ2n) is 4.67. The predicted molar refractivity (Wildman–Crippen MR) is 65.6 cm³/mol. The van der Waals surface area contributed by atoms with Crippen LogP contribution in [0.1, 0.15) is 46.1 Å². The molecule has 19 heavy (non-hydrogen) atoms. The number of unbranched alkanes of at least 4 members (excludes halogenated alkanes) is 1. The van der Waals surface area contributed by atoms with Crippen molar-refractivity contribution < 1.29 is 22.0 Å². The Morgan fingerprint density at radius 2 is 1.00 bits per heavy atom. The van der Waals surface area contributed by atoms with E-state index in [4.69, 9.17) is 7.85 Å². The second kappa shape index (κ2) is 6.92. The van der Waals surface area contributed by atoms with Crippen LogP contribution >= 0.6 is 0 Å². The summed E-state index contributed by atoms with van der Waals surface area (Å²) in [6, 6.07) is 0. The van der Waals surface area contributed by atoms with E-state index in [0.717, 1.165) is 13.8 Å². The van der Waals surface area contributed by atoms with Crippen molar-refractivity contribution in [1.82, 2.24) is 0 Å². The molecule has 0 aliphatic heterocycles. The number of benzene rings is 1.